The van der Waals surface area contributed by atoms with Crippen molar-refractivity contribution in [2.45, 2.75) is 0 Å². The van der Waals surface area contributed by atoms with E-state index in [0.29, 0.717) is 28.0 Å². The third kappa shape index (κ3) is 3.97. The Morgan fingerprint density at radius 1 is 0.688 bits per heavy atom. The lowest BCUT2D eigenvalue weighted by molar-refractivity contribution is 0.395. The van der Waals surface area contributed by atoms with Gasteiger partial charge in [0.2, 0.25) is 0 Å². The van der Waals surface area contributed by atoms with Gasteiger partial charge >= 0.3 is 0 Å². The van der Waals surface area contributed by atoms with E-state index in [1.165, 1.54) is 0 Å². The summed E-state index contributed by atoms with van der Waals surface area (Å²) in [5, 5.41) is 5.48. The molecule has 0 aliphatic heterocycles. The van der Waals surface area contributed by atoms with E-state index in [1.54, 1.807) is 28.4 Å². The van der Waals surface area contributed by atoms with Crippen LogP contribution >= 0.6 is 11.6 Å². The maximum atomic E-state index is 6.54. The number of benzene rings is 3. The molecule has 0 radical (unpaired) electrons. The van der Waals surface area contributed by atoms with E-state index < -0.39 is 0 Å². The molecule has 6 nitrogen and oxygen atoms in total. The molecule has 0 aliphatic carbocycles. The van der Waals surface area contributed by atoms with E-state index >= 15 is 0 Å². The summed E-state index contributed by atoms with van der Waals surface area (Å²) in [5.41, 5.74) is 3.95. The molecule has 0 bridgehead atoms. The summed E-state index contributed by atoms with van der Waals surface area (Å²) in [4.78, 5) is 0. The van der Waals surface area contributed by atoms with Gasteiger partial charge in [0, 0.05) is 23.3 Å². The van der Waals surface area contributed by atoms with E-state index in [1.807, 2.05) is 71.4 Å². The fourth-order valence-electron chi connectivity index (χ4n) is 3.53. The molecule has 1 heterocycles. The summed E-state index contributed by atoms with van der Waals surface area (Å²) >= 11 is 6.54. The summed E-state index contributed by atoms with van der Waals surface area (Å²) in [6.07, 6.45) is 0. The first-order valence-corrected chi connectivity index (χ1v) is 10.3. The number of ether oxygens (including phenoxy) is 4. The van der Waals surface area contributed by atoms with Crippen molar-refractivity contribution in [1.82, 2.24) is 9.78 Å². The highest BCUT2D eigenvalue weighted by atomic mass is 35.5. The topological polar surface area (TPSA) is 54.7 Å². The van der Waals surface area contributed by atoms with Crippen LogP contribution in [0.4, 0.5) is 0 Å². The van der Waals surface area contributed by atoms with Crippen molar-refractivity contribution in [3.05, 3.63) is 71.8 Å². The quantitative estimate of drug-likeness (QED) is 0.351. The van der Waals surface area contributed by atoms with Crippen LogP contribution < -0.4 is 18.9 Å². The summed E-state index contributed by atoms with van der Waals surface area (Å²) in [6, 6.07) is 20.8. The first kappa shape index (κ1) is 21.6. The minimum Gasteiger partial charge on any atom is -0.497 e. The molecule has 4 aromatic rings. The Bertz CT molecular complexity index is 1250. The van der Waals surface area contributed by atoms with Crippen LogP contribution in [0, 0.1) is 0 Å². The van der Waals surface area contributed by atoms with Crippen molar-refractivity contribution < 1.29 is 18.9 Å². The second-order valence-corrected chi connectivity index (χ2v) is 7.32. The van der Waals surface area contributed by atoms with Gasteiger partial charge in [0.05, 0.1) is 50.5 Å². The fourth-order valence-corrected chi connectivity index (χ4v) is 3.75. The van der Waals surface area contributed by atoms with E-state index in [9.17, 15) is 0 Å². The summed E-state index contributed by atoms with van der Waals surface area (Å²) in [7, 11) is 6.49. The first-order chi connectivity index (χ1) is 15.6. The standard InChI is InChI=1S/C25H23ClN2O4/c1-29-16-9-11-18(24(13-16)31-3)21-15-23(19-12-10-17(30-2)14-25(19)32-4)28(27-21)22-8-6-5-7-20(22)26/h5-15H,1-4H3. The average molecular weight is 451 g/mol. The third-order valence-electron chi connectivity index (χ3n) is 5.16. The second-order valence-electron chi connectivity index (χ2n) is 6.91. The largest absolute Gasteiger partial charge is 0.497 e. The Hall–Kier alpha value is -3.64. The lowest BCUT2D eigenvalue weighted by atomic mass is 10.1. The molecule has 1 aromatic heterocycles. The van der Waals surface area contributed by atoms with Crippen LogP contribution in [0.5, 0.6) is 23.0 Å². The lowest BCUT2D eigenvalue weighted by Crippen LogP contribution is -2.01. The normalized spacial score (nSPS) is 10.7. The smallest absolute Gasteiger partial charge is 0.132 e. The first-order valence-electron chi connectivity index (χ1n) is 9.89. The highest BCUT2D eigenvalue weighted by Gasteiger charge is 2.20. The molecule has 0 saturated carbocycles. The van der Waals surface area contributed by atoms with Gasteiger partial charge in [0.1, 0.15) is 23.0 Å². The Labute approximate surface area is 191 Å². The number of rotatable bonds is 7. The molecule has 0 amide bonds. The van der Waals surface area contributed by atoms with Crippen LogP contribution in [0.15, 0.2) is 66.7 Å². The molecular weight excluding hydrogens is 428 g/mol. The Morgan fingerprint density at radius 3 is 1.88 bits per heavy atom. The number of methoxy groups -OCH3 is 4. The van der Waals surface area contributed by atoms with Gasteiger partial charge in [-0.2, -0.15) is 5.10 Å². The van der Waals surface area contributed by atoms with Gasteiger partial charge in [-0.25, -0.2) is 4.68 Å². The van der Waals surface area contributed by atoms with Crippen molar-refractivity contribution in [3.8, 4) is 51.2 Å². The molecule has 0 aliphatic rings. The minimum absolute atomic E-state index is 0.581. The third-order valence-corrected chi connectivity index (χ3v) is 5.48. The van der Waals surface area contributed by atoms with Crippen molar-refractivity contribution >= 4 is 11.6 Å². The maximum Gasteiger partial charge on any atom is 0.132 e. The molecule has 0 spiro atoms. The highest BCUT2D eigenvalue weighted by Crippen LogP contribution is 2.40. The number of hydrogen-bond donors (Lipinski definition) is 0. The predicted octanol–water partition coefficient (Wildman–Crippen LogP) is 5.89. The van der Waals surface area contributed by atoms with Gasteiger partial charge in [-0.1, -0.05) is 23.7 Å². The Morgan fingerprint density at radius 2 is 1.28 bits per heavy atom. The minimum atomic E-state index is 0.581. The second kappa shape index (κ2) is 9.24. The zero-order valence-electron chi connectivity index (χ0n) is 18.3. The molecule has 4 rings (SSSR count). The Kier molecular flexibility index (Phi) is 6.23. The average Bonchev–Trinajstić information content (AvgIpc) is 3.28. The Balaban J connectivity index is 1.97. The van der Waals surface area contributed by atoms with Gasteiger partial charge in [-0.3, -0.25) is 0 Å². The molecule has 7 heteroatoms. The SMILES string of the molecule is COc1ccc(-c2cc(-c3ccc(OC)cc3OC)n(-c3ccccc3Cl)n2)c(OC)c1. The van der Waals surface area contributed by atoms with Gasteiger partial charge < -0.3 is 18.9 Å². The van der Waals surface area contributed by atoms with Crippen LogP contribution in [0.25, 0.3) is 28.2 Å². The van der Waals surface area contributed by atoms with Crippen LogP contribution in [0.1, 0.15) is 0 Å². The van der Waals surface area contributed by atoms with Gasteiger partial charge in [0.25, 0.3) is 0 Å². The van der Waals surface area contributed by atoms with E-state index in [0.717, 1.165) is 28.2 Å². The predicted molar refractivity (Wildman–Crippen MR) is 126 cm³/mol. The maximum absolute atomic E-state index is 6.54. The van der Waals surface area contributed by atoms with Crippen molar-refractivity contribution in [1.29, 1.82) is 0 Å². The van der Waals surface area contributed by atoms with Gasteiger partial charge in [0.15, 0.2) is 0 Å². The monoisotopic (exact) mass is 450 g/mol. The molecule has 0 saturated heterocycles. The zero-order valence-corrected chi connectivity index (χ0v) is 19.0. The zero-order chi connectivity index (χ0) is 22.7. The highest BCUT2D eigenvalue weighted by molar-refractivity contribution is 6.32. The molecule has 3 aromatic carbocycles. The molecule has 0 unspecified atom stereocenters. The summed E-state index contributed by atoms with van der Waals surface area (Å²) < 4.78 is 23.8. The van der Waals surface area contributed by atoms with Crippen LogP contribution in [0.2, 0.25) is 5.02 Å². The number of aromatic nitrogens is 2. The van der Waals surface area contributed by atoms with Crippen molar-refractivity contribution in [2.75, 3.05) is 28.4 Å². The van der Waals surface area contributed by atoms with Crippen molar-refractivity contribution in [3.63, 3.8) is 0 Å². The van der Waals surface area contributed by atoms with Crippen molar-refractivity contribution in [2.24, 2.45) is 0 Å². The van der Waals surface area contributed by atoms with E-state index in [4.69, 9.17) is 35.6 Å². The molecule has 0 atom stereocenters. The number of nitrogens with zero attached hydrogens (tertiary/aromatic N) is 2. The van der Waals surface area contributed by atoms with Gasteiger partial charge in [-0.15, -0.1) is 0 Å². The summed E-state index contributed by atoms with van der Waals surface area (Å²) in [5.74, 6) is 2.71. The number of halogens is 1. The number of hydrogen-bond acceptors (Lipinski definition) is 5. The number of para-hydroxylation sites is 1. The van der Waals surface area contributed by atoms with Crippen LogP contribution in [0.3, 0.4) is 0 Å². The molecular formula is C25H23ClN2O4. The molecule has 164 valence electrons. The molecule has 0 fully saturated rings. The van der Waals surface area contributed by atoms with Crippen LogP contribution in [-0.4, -0.2) is 38.2 Å². The summed E-state index contributed by atoms with van der Waals surface area (Å²) in [6.45, 7) is 0. The molecule has 0 N–H and O–H groups in total. The van der Waals surface area contributed by atoms with E-state index in [-0.39, 0.29) is 0 Å². The van der Waals surface area contributed by atoms with Crippen LogP contribution in [-0.2, 0) is 0 Å². The lowest BCUT2D eigenvalue weighted by Gasteiger charge is -2.13. The fraction of sp³-hybridized carbons (Fsp3) is 0.160. The van der Waals surface area contributed by atoms with E-state index in [2.05, 4.69) is 0 Å². The molecule has 32 heavy (non-hydrogen) atoms. The van der Waals surface area contributed by atoms with Gasteiger partial charge in [-0.05, 0) is 42.5 Å².